The van der Waals surface area contributed by atoms with Crippen LogP contribution in [0.2, 0.25) is 0 Å². The maximum Gasteiger partial charge on any atom is 0.306 e. The van der Waals surface area contributed by atoms with Gasteiger partial charge < -0.3 is 24.8 Å². The van der Waals surface area contributed by atoms with Gasteiger partial charge in [-0.3, -0.25) is 9.59 Å². The average molecular weight is 547 g/mol. The Kier molecular flexibility index (Phi) is 7.89. The van der Waals surface area contributed by atoms with E-state index in [1.165, 1.54) is 38.5 Å². The Morgan fingerprint density at radius 3 is 2.33 bits per heavy atom. The molecule has 0 aromatic rings. The van der Waals surface area contributed by atoms with Crippen molar-refractivity contribution >= 4 is 11.8 Å². The van der Waals surface area contributed by atoms with Gasteiger partial charge in [0, 0.05) is 23.7 Å². The Balaban J connectivity index is 1.35. The van der Waals surface area contributed by atoms with Crippen molar-refractivity contribution in [2.75, 3.05) is 6.61 Å². The zero-order valence-corrected chi connectivity index (χ0v) is 24.3. The Morgan fingerprint density at radius 2 is 1.67 bits per heavy atom. The van der Waals surface area contributed by atoms with Crippen LogP contribution < -0.4 is 0 Å². The summed E-state index contributed by atoms with van der Waals surface area (Å²) in [5, 5.41) is 35.6. The van der Waals surface area contributed by atoms with E-state index in [-0.39, 0.29) is 30.2 Å². The van der Waals surface area contributed by atoms with E-state index in [0.29, 0.717) is 31.3 Å². The summed E-state index contributed by atoms with van der Waals surface area (Å²) in [6.45, 7) is 10.5. The summed E-state index contributed by atoms with van der Waals surface area (Å²) >= 11 is 0. The normalized spacial score (nSPS) is 43.7. The fourth-order valence-electron chi connectivity index (χ4n) is 9.82. The van der Waals surface area contributed by atoms with Gasteiger partial charge in [-0.25, -0.2) is 0 Å². The van der Waals surface area contributed by atoms with Crippen LogP contribution in [0.5, 0.6) is 0 Å². The highest BCUT2D eigenvalue weighted by Gasteiger charge is 2.87. The first-order chi connectivity index (χ1) is 18.5. The standard InChI is InChI=1S/C32H50O7/c1-5-6-7-8-9-10-11-12-13-14-24(34)39-28-21-15-16-22-30-19-38-32(37,31(22,28)26(35)20(21)2)27(36)25(30)29(3,4)18-17-23(30)33/h21-23,25,27-28,33,36-37H,2,5-19H2,1,3-4H3/t21-,22-,23-,25+,27-,28+,30+,31-,32+/m0/s1. The van der Waals surface area contributed by atoms with E-state index in [9.17, 15) is 24.9 Å². The van der Waals surface area contributed by atoms with E-state index in [1.807, 2.05) is 0 Å². The minimum Gasteiger partial charge on any atom is -0.460 e. The van der Waals surface area contributed by atoms with Crippen molar-refractivity contribution in [3.63, 3.8) is 0 Å². The molecule has 4 bridgehead atoms. The van der Waals surface area contributed by atoms with Crippen LogP contribution in [0.4, 0.5) is 0 Å². The summed E-state index contributed by atoms with van der Waals surface area (Å²) in [5.41, 5.74) is -2.58. The second-order valence-electron chi connectivity index (χ2n) is 14.0. The van der Waals surface area contributed by atoms with Crippen molar-refractivity contribution in [1.29, 1.82) is 0 Å². The predicted octanol–water partition coefficient (Wildman–Crippen LogP) is 4.85. The van der Waals surface area contributed by atoms with E-state index in [2.05, 4.69) is 27.4 Å². The Hall–Kier alpha value is -1.28. The molecule has 0 unspecified atom stereocenters. The molecule has 7 nitrogen and oxygen atoms in total. The van der Waals surface area contributed by atoms with E-state index >= 15 is 0 Å². The number of Topliss-reactive ketones (excluding diaryl/α,β-unsaturated/α-hetero) is 1. The molecule has 2 saturated heterocycles. The number of carbonyl (C=O) groups excluding carboxylic acids is 2. The van der Waals surface area contributed by atoms with Crippen molar-refractivity contribution in [2.45, 2.75) is 135 Å². The molecular weight excluding hydrogens is 496 g/mol. The van der Waals surface area contributed by atoms with Gasteiger partial charge in [-0.2, -0.15) is 0 Å². The smallest absolute Gasteiger partial charge is 0.306 e. The maximum atomic E-state index is 14.1. The SMILES string of the molecule is C=C1C(=O)[C@]23[C@H](OC(=O)CCCCCCCCCCC)[C@H]1CC[C@H]2[C@@]12CO[C@]3(O)[C@@H](O)[C@@H]1C(C)(C)CC[C@@H]2O. The third-order valence-electron chi connectivity index (χ3n) is 11.6. The lowest BCUT2D eigenvalue weighted by molar-refractivity contribution is -0.458. The van der Waals surface area contributed by atoms with Gasteiger partial charge in [0.05, 0.1) is 12.7 Å². The zero-order valence-electron chi connectivity index (χ0n) is 24.3. The van der Waals surface area contributed by atoms with Gasteiger partial charge >= 0.3 is 5.97 Å². The molecule has 4 aliphatic carbocycles. The first-order valence-corrected chi connectivity index (χ1v) is 15.7. The van der Waals surface area contributed by atoms with Crippen LogP contribution in [0, 0.1) is 34.0 Å². The molecule has 0 aromatic carbocycles. The number of aliphatic hydroxyl groups excluding tert-OH is 2. The molecule has 2 aliphatic heterocycles. The lowest BCUT2D eigenvalue weighted by Crippen LogP contribution is -2.85. The van der Waals surface area contributed by atoms with Crippen LogP contribution in [0.1, 0.15) is 111 Å². The quantitative estimate of drug-likeness (QED) is 0.193. The van der Waals surface area contributed by atoms with Crippen molar-refractivity contribution in [1.82, 2.24) is 0 Å². The molecule has 220 valence electrons. The number of carbonyl (C=O) groups is 2. The third-order valence-corrected chi connectivity index (χ3v) is 11.6. The van der Waals surface area contributed by atoms with Gasteiger partial charge in [0.1, 0.15) is 17.6 Å². The summed E-state index contributed by atoms with van der Waals surface area (Å²) in [7, 11) is 0. The number of esters is 1. The zero-order chi connectivity index (χ0) is 28.2. The molecule has 0 radical (unpaired) electrons. The molecule has 2 heterocycles. The highest BCUT2D eigenvalue weighted by Crippen LogP contribution is 2.76. The van der Waals surface area contributed by atoms with Gasteiger partial charge in [0.25, 0.3) is 0 Å². The summed E-state index contributed by atoms with van der Waals surface area (Å²) in [6.07, 6.45) is 9.82. The summed E-state index contributed by atoms with van der Waals surface area (Å²) in [4.78, 5) is 27.3. The number of fused-ring (bicyclic) bond motifs is 2. The summed E-state index contributed by atoms with van der Waals surface area (Å²) in [6, 6.07) is 0. The van der Waals surface area contributed by atoms with Crippen molar-refractivity contribution < 1.29 is 34.4 Å². The van der Waals surface area contributed by atoms with Crippen LogP contribution in [0.3, 0.4) is 0 Å². The average Bonchev–Trinajstić information content (AvgIpc) is 3.00. The summed E-state index contributed by atoms with van der Waals surface area (Å²) in [5.74, 6) is -4.28. The number of hydrogen-bond acceptors (Lipinski definition) is 7. The Bertz CT molecular complexity index is 976. The molecule has 6 rings (SSSR count). The van der Waals surface area contributed by atoms with Crippen molar-refractivity contribution in [2.24, 2.45) is 34.0 Å². The van der Waals surface area contributed by atoms with Crippen LogP contribution >= 0.6 is 0 Å². The van der Waals surface area contributed by atoms with Crippen LogP contribution in [-0.4, -0.2) is 57.8 Å². The number of ether oxygens (including phenoxy) is 2. The number of rotatable bonds is 11. The molecule has 0 aromatic heterocycles. The molecular formula is C32H50O7. The largest absolute Gasteiger partial charge is 0.460 e. The molecule has 39 heavy (non-hydrogen) atoms. The first-order valence-electron chi connectivity index (χ1n) is 15.7. The number of ketones is 1. The van der Waals surface area contributed by atoms with Gasteiger partial charge in [-0.05, 0) is 49.0 Å². The van der Waals surface area contributed by atoms with Crippen LogP contribution in [0.25, 0.3) is 0 Å². The number of unbranched alkanes of at least 4 members (excludes halogenated alkanes) is 8. The van der Waals surface area contributed by atoms with Crippen molar-refractivity contribution in [3.8, 4) is 0 Å². The highest BCUT2D eigenvalue weighted by molar-refractivity contribution is 6.05. The number of hydrogen-bond donors (Lipinski definition) is 3. The molecule has 6 aliphatic rings. The highest BCUT2D eigenvalue weighted by atomic mass is 16.6. The molecule has 7 heteroatoms. The fourth-order valence-corrected chi connectivity index (χ4v) is 9.82. The molecule has 9 atom stereocenters. The van der Waals surface area contributed by atoms with E-state index < -0.39 is 52.7 Å². The molecule has 4 saturated carbocycles. The first kappa shape index (κ1) is 29.2. The van der Waals surface area contributed by atoms with Gasteiger partial charge in [0.2, 0.25) is 5.79 Å². The monoisotopic (exact) mass is 546 g/mol. The topological polar surface area (TPSA) is 113 Å². The maximum absolute atomic E-state index is 14.1. The molecule has 3 N–H and O–H groups in total. The molecule has 6 fully saturated rings. The van der Waals surface area contributed by atoms with Crippen LogP contribution in [-0.2, 0) is 19.1 Å². The van der Waals surface area contributed by atoms with Gasteiger partial charge in [-0.1, -0.05) is 78.7 Å². The van der Waals surface area contributed by atoms with Gasteiger partial charge in [-0.15, -0.1) is 0 Å². The van der Waals surface area contributed by atoms with Crippen molar-refractivity contribution in [3.05, 3.63) is 12.2 Å². The lowest BCUT2D eigenvalue weighted by atomic mass is 9.35. The second-order valence-corrected chi connectivity index (χ2v) is 14.0. The summed E-state index contributed by atoms with van der Waals surface area (Å²) < 4.78 is 12.2. The Morgan fingerprint density at radius 1 is 1.03 bits per heavy atom. The van der Waals surface area contributed by atoms with Gasteiger partial charge in [0.15, 0.2) is 5.78 Å². The number of aliphatic hydroxyl groups is 3. The lowest BCUT2D eigenvalue weighted by Gasteiger charge is -2.74. The van der Waals surface area contributed by atoms with E-state index in [1.54, 1.807) is 0 Å². The predicted molar refractivity (Wildman–Crippen MR) is 146 cm³/mol. The third kappa shape index (κ3) is 4.04. The second kappa shape index (κ2) is 10.5. The van der Waals surface area contributed by atoms with E-state index in [0.717, 1.165) is 19.3 Å². The van der Waals surface area contributed by atoms with Crippen LogP contribution in [0.15, 0.2) is 12.2 Å². The van der Waals surface area contributed by atoms with E-state index in [4.69, 9.17) is 9.47 Å². The minimum absolute atomic E-state index is 0.0752. The Labute approximate surface area is 233 Å². The molecule has 0 amide bonds. The fraction of sp³-hybridized carbons (Fsp3) is 0.875. The minimum atomic E-state index is -2.20. The molecule has 2 spiro atoms.